The zero-order valence-corrected chi connectivity index (χ0v) is 15.2. The smallest absolute Gasteiger partial charge is 0.307 e. The number of para-hydroxylation sites is 1. The van der Waals surface area contributed by atoms with Gasteiger partial charge in [0.2, 0.25) is 5.91 Å². The highest BCUT2D eigenvalue weighted by Gasteiger charge is 2.34. The number of amides is 1. The summed E-state index contributed by atoms with van der Waals surface area (Å²) in [5.41, 5.74) is 2.99. The summed E-state index contributed by atoms with van der Waals surface area (Å²) in [6, 6.07) is 14.1. The number of fused-ring (bicyclic) bond motifs is 3. The van der Waals surface area contributed by atoms with Crippen LogP contribution in [0.2, 0.25) is 0 Å². The van der Waals surface area contributed by atoms with Crippen molar-refractivity contribution in [3.05, 3.63) is 54.6 Å². The first-order chi connectivity index (χ1) is 13.1. The van der Waals surface area contributed by atoms with Gasteiger partial charge in [-0.15, -0.1) is 0 Å². The number of anilines is 1. The van der Waals surface area contributed by atoms with Gasteiger partial charge in [0.25, 0.3) is 0 Å². The molecular formula is C22H22N2O3. The second-order valence-electron chi connectivity index (χ2n) is 6.98. The average Bonchev–Trinajstić information content (AvgIpc) is 3.01. The average molecular weight is 362 g/mol. The van der Waals surface area contributed by atoms with Gasteiger partial charge in [0.05, 0.1) is 11.8 Å². The van der Waals surface area contributed by atoms with E-state index in [1.807, 2.05) is 42.5 Å². The Kier molecular flexibility index (Phi) is 4.44. The number of nitrogens with one attached hydrogen (secondary N) is 1. The molecule has 1 aromatic heterocycles. The predicted octanol–water partition coefficient (Wildman–Crippen LogP) is 4.42. The number of aryl methyl sites for hydroxylation is 1. The number of rotatable bonds is 4. The third kappa shape index (κ3) is 2.99. The van der Waals surface area contributed by atoms with Crippen molar-refractivity contribution in [3.8, 4) is 0 Å². The lowest BCUT2D eigenvalue weighted by atomic mass is 9.82. The lowest BCUT2D eigenvalue weighted by Gasteiger charge is -2.24. The Morgan fingerprint density at radius 1 is 1.04 bits per heavy atom. The van der Waals surface area contributed by atoms with Crippen LogP contribution in [-0.2, 0) is 16.1 Å². The number of hydrogen-bond acceptors (Lipinski definition) is 2. The molecule has 3 aromatic rings. The van der Waals surface area contributed by atoms with Crippen LogP contribution in [0.5, 0.6) is 0 Å². The summed E-state index contributed by atoms with van der Waals surface area (Å²) >= 11 is 0. The largest absolute Gasteiger partial charge is 0.481 e. The van der Waals surface area contributed by atoms with Crippen molar-refractivity contribution in [1.82, 2.24) is 4.57 Å². The van der Waals surface area contributed by atoms with Crippen molar-refractivity contribution in [1.29, 1.82) is 0 Å². The zero-order valence-electron chi connectivity index (χ0n) is 15.2. The summed E-state index contributed by atoms with van der Waals surface area (Å²) in [4.78, 5) is 24.2. The van der Waals surface area contributed by atoms with E-state index in [0.29, 0.717) is 18.5 Å². The fourth-order valence-corrected chi connectivity index (χ4v) is 4.08. The number of benzene rings is 2. The molecule has 0 radical (unpaired) electrons. The molecule has 0 fully saturated rings. The molecule has 2 N–H and O–H groups in total. The highest BCUT2D eigenvalue weighted by atomic mass is 16.4. The van der Waals surface area contributed by atoms with E-state index < -0.39 is 17.8 Å². The van der Waals surface area contributed by atoms with Crippen molar-refractivity contribution in [2.45, 2.75) is 26.3 Å². The maximum atomic E-state index is 12.7. The van der Waals surface area contributed by atoms with Crippen LogP contribution >= 0.6 is 0 Å². The Morgan fingerprint density at radius 2 is 1.74 bits per heavy atom. The molecule has 1 aliphatic rings. The van der Waals surface area contributed by atoms with Crippen molar-refractivity contribution in [2.75, 3.05) is 5.32 Å². The molecule has 2 atom stereocenters. The molecule has 0 bridgehead atoms. The van der Waals surface area contributed by atoms with Crippen molar-refractivity contribution in [2.24, 2.45) is 11.8 Å². The quantitative estimate of drug-likeness (QED) is 0.675. The van der Waals surface area contributed by atoms with Crippen LogP contribution in [0.25, 0.3) is 21.8 Å². The summed E-state index contributed by atoms with van der Waals surface area (Å²) < 4.78 is 2.25. The molecule has 1 aliphatic carbocycles. The minimum atomic E-state index is -0.916. The number of allylic oxidation sites excluding steroid dienone is 2. The third-order valence-electron chi connectivity index (χ3n) is 5.44. The summed E-state index contributed by atoms with van der Waals surface area (Å²) in [6.07, 6.45) is 4.59. The molecule has 0 saturated heterocycles. The summed E-state index contributed by atoms with van der Waals surface area (Å²) in [7, 11) is 0. The van der Waals surface area contributed by atoms with E-state index in [0.717, 1.165) is 22.8 Å². The van der Waals surface area contributed by atoms with Crippen LogP contribution in [0, 0.1) is 11.8 Å². The van der Waals surface area contributed by atoms with E-state index in [1.54, 1.807) is 0 Å². The Bertz CT molecular complexity index is 1060. The van der Waals surface area contributed by atoms with Crippen LogP contribution in [0.1, 0.15) is 19.8 Å². The molecule has 0 spiro atoms. The number of hydrogen-bond donors (Lipinski definition) is 2. The zero-order chi connectivity index (χ0) is 19.0. The van der Waals surface area contributed by atoms with Crippen LogP contribution in [-0.4, -0.2) is 21.6 Å². The minimum Gasteiger partial charge on any atom is -0.481 e. The monoisotopic (exact) mass is 362 g/mol. The standard InChI is InChI=1S/C22H22N2O3/c1-2-24-19-10-6-5-7-15(19)18-13-14(11-12-20(18)24)23-21(25)16-8-3-4-9-17(16)22(26)27/h3-7,10-13,16-17H,2,8-9H2,1H3,(H,23,25)(H,26,27). The number of carbonyl (C=O) groups excluding carboxylic acids is 1. The van der Waals surface area contributed by atoms with Gasteiger partial charge in [-0.2, -0.15) is 0 Å². The van der Waals surface area contributed by atoms with Crippen LogP contribution in [0.4, 0.5) is 5.69 Å². The molecule has 1 amide bonds. The first kappa shape index (κ1) is 17.3. The summed E-state index contributed by atoms with van der Waals surface area (Å²) in [6.45, 7) is 2.98. The number of nitrogens with zero attached hydrogens (tertiary/aromatic N) is 1. The maximum Gasteiger partial charge on any atom is 0.307 e. The van der Waals surface area contributed by atoms with E-state index in [4.69, 9.17) is 0 Å². The molecule has 5 nitrogen and oxygen atoms in total. The Hall–Kier alpha value is -3.08. The SMILES string of the molecule is CCn1c2ccccc2c2cc(NC(=O)C3CC=CCC3C(=O)O)ccc21. The fourth-order valence-electron chi connectivity index (χ4n) is 4.08. The van der Waals surface area contributed by atoms with Gasteiger partial charge in [-0.3, -0.25) is 9.59 Å². The predicted molar refractivity (Wildman–Crippen MR) is 107 cm³/mol. The number of carboxylic acid groups (broad SMARTS) is 1. The normalized spacial score (nSPS) is 19.4. The molecule has 138 valence electrons. The molecule has 1 heterocycles. The molecule has 2 aromatic carbocycles. The van der Waals surface area contributed by atoms with Crippen molar-refractivity contribution < 1.29 is 14.7 Å². The van der Waals surface area contributed by atoms with Crippen LogP contribution in [0.3, 0.4) is 0 Å². The number of carboxylic acids is 1. The lowest BCUT2D eigenvalue weighted by Crippen LogP contribution is -2.34. The Labute approximate surface area is 157 Å². The van der Waals surface area contributed by atoms with Crippen LogP contribution < -0.4 is 5.32 Å². The topological polar surface area (TPSA) is 71.3 Å². The van der Waals surface area contributed by atoms with Gasteiger partial charge in [-0.25, -0.2) is 0 Å². The van der Waals surface area contributed by atoms with Crippen molar-refractivity contribution in [3.63, 3.8) is 0 Å². The Balaban J connectivity index is 1.68. The first-order valence-corrected chi connectivity index (χ1v) is 9.29. The third-order valence-corrected chi connectivity index (χ3v) is 5.44. The highest BCUT2D eigenvalue weighted by molar-refractivity contribution is 6.10. The molecule has 0 aliphatic heterocycles. The van der Waals surface area contributed by atoms with E-state index in [9.17, 15) is 14.7 Å². The maximum absolute atomic E-state index is 12.7. The van der Waals surface area contributed by atoms with Gasteiger partial charge in [0.1, 0.15) is 0 Å². The molecule has 0 saturated carbocycles. The van der Waals surface area contributed by atoms with Gasteiger partial charge >= 0.3 is 5.97 Å². The molecule has 4 rings (SSSR count). The van der Waals surface area contributed by atoms with Gasteiger partial charge in [0, 0.05) is 34.0 Å². The number of aliphatic carboxylic acids is 1. The lowest BCUT2D eigenvalue weighted by molar-refractivity contribution is -0.146. The van der Waals surface area contributed by atoms with Crippen molar-refractivity contribution >= 4 is 39.4 Å². The van der Waals surface area contributed by atoms with Crippen LogP contribution in [0.15, 0.2) is 54.6 Å². The van der Waals surface area contributed by atoms with E-state index in [2.05, 4.69) is 28.9 Å². The highest BCUT2D eigenvalue weighted by Crippen LogP contribution is 2.32. The number of carbonyl (C=O) groups is 2. The van der Waals surface area contributed by atoms with Gasteiger partial charge < -0.3 is 15.0 Å². The van der Waals surface area contributed by atoms with Gasteiger partial charge in [-0.05, 0) is 44.0 Å². The van der Waals surface area contributed by atoms with E-state index >= 15 is 0 Å². The molecule has 27 heavy (non-hydrogen) atoms. The minimum absolute atomic E-state index is 0.231. The Morgan fingerprint density at radius 3 is 2.48 bits per heavy atom. The summed E-state index contributed by atoms with van der Waals surface area (Å²) in [5.74, 6) is -2.35. The molecule has 5 heteroatoms. The van der Waals surface area contributed by atoms with E-state index in [1.165, 1.54) is 5.52 Å². The van der Waals surface area contributed by atoms with E-state index in [-0.39, 0.29) is 5.91 Å². The van der Waals surface area contributed by atoms with Gasteiger partial charge in [-0.1, -0.05) is 30.4 Å². The number of aromatic nitrogens is 1. The van der Waals surface area contributed by atoms with Gasteiger partial charge in [0.15, 0.2) is 0 Å². The second kappa shape index (κ2) is 6.91. The summed E-state index contributed by atoms with van der Waals surface area (Å²) in [5, 5.41) is 14.6. The second-order valence-corrected chi connectivity index (χ2v) is 6.98. The first-order valence-electron chi connectivity index (χ1n) is 9.29. The molecule has 2 unspecified atom stereocenters. The fraction of sp³-hybridized carbons (Fsp3) is 0.273. The molecular weight excluding hydrogens is 340 g/mol.